The highest BCUT2D eigenvalue weighted by Crippen LogP contribution is 2.13. The van der Waals surface area contributed by atoms with E-state index >= 15 is 0 Å². The first-order chi connectivity index (χ1) is 15.4. The number of hydrogen-bond acceptors (Lipinski definition) is 3. The first kappa shape index (κ1) is 21.3. The fraction of sp³-hybridized carbons (Fsp3) is 0.192. The second-order valence-corrected chi connectivity index (χ2v) is 7.97. The first-order valence-electron chi connectivity index (χ1n) is 10.6. The zero-order chi connectivity index (χ0) is 22.7. The van der Waals surface area contributed by atoms with Gasteiger partial charge in [-0.1, -0.05) is 72.3 Å². The zero-order valence-corrected chi connectivity index (χ0v) is 18.1. The molecule has 162 valence electrons. The highest BCUT2D eigenvalue weighted by Gasteiger charge is 2.17. The molecule has 3 aromatic carbocycles. The summed E-state index contributed by atoms with van der Waals surface area (Å²) < 4.78 is 2.58. The Hall–Kier alpha value is -3.93. The average molecular weight is 428 g/mol. The summed E-state index contributed by atoms with van der Waals surface area (Å²) in [5, 5.41) is 3.37. The second kappa shape index (κ2) is 9.06. The highest BCUT2D eigenvalue weighted by atomic mass is 16.2. The van der Waals surface area contributed by atoms with Gasteiger partial charge in [-0.05, 0) is 37.1 Å². The van der Waals surface area contributed by atoms with Gasteiger partial charge < -0.3 is 5.32 Å². The molecule has 6 nitrogen and oxygen atoms in total. The average Bonchev–Trinajstić information content (AvgIpc) is 2.81. The third kappa shape index (κ3) is 4.39. The smallest absolute Gasteiger partial charge is 0.332 e. The Balaban J connectivity index is 1.73. The molecule has 0 radical (unpaired) electrons. The van der Waals surface area contributed by atoms with Crippen LogP contribution in [0.15, 0.2) is 88.5 Å². The number of aromatic nitrogens is 2. The molecular weight excluding hydrogens is 402 g/mol. The predicted molar refractivity (Wildman–Crippen MR) is 126 cm³/mol. The molecule has 0 aliphatic heterocycles. The van der Waals surface area contributed by atoms with Crippen LogP contribution >= 0.6 is 0 Å². The van der Waals surface area contributed by atoms with E-state index in [2.05, 4.69) is 5.32 Å². The number of nitrogens with one attached hydrogen (secondary N) is 1. The van der Waals surface area contributed by atoms with Crippen molar-refractivity contribution in [3.05, 3.63) is 116 Å². The van der Waals surface area contributed by atoms with Crippen LogP contribution in [0, 0.1) is 6.92 Å². The summed E-state index contributed by atoms with van der Waals surface area (Å²) in [6, 6.07) is 24.1. The number of hydrogen-bond donors (Lipinski definition) is 1. The van der Waals surface area contributed by atoms with Gasteiger partial charge in [0.2, 0.25) is 5.91 Å². The summed E-state index contributed by atoms with van der Waals surface area (Å²) in [5.41, 5.74) is 2.32. The van der Waals surface area contributed by atoms with Gasteiger partial charge in [0.25, 0.3) is 5.56 Å². The van der Waals surface area contributed by atoms with Gasteiger partial charge in [0.1, 0.15) is 6.54 Å². The number of fused-ring (bicyclic) bond motifs is 1. The Morgan fingerprint density at radius 2 is 1.56 bits per heavy atom. The van der Waals surface area contributed by atoms with Gasteiger partial charge in [-0.25, -0.2) is 4.79 Å². The minimum Gasteiger partial charge on any atom is -0.348 e. The molecule has 0 aliphatic rings. The molecule has 0 fully saturated rings. The van der Waals surface area contributed by atoms with Crippen molar-refractivity contribution < 1.29 is 4.79 Å². The van der Waals surface area contributed by atoms with Crippen LogP contribution in [0.2, 0.25) is 0 Å². The quantitative estimate of drug-likeness (QED) is 0.513. The molecule has 1 heterocycles. The second-order valence-electron chi connectivity index (χ2n) is 7.97. The molecule has 0 aliphatic carbocycles. The summed E-state index contributed by atoms with van der Waals surface area (Å²) in [7, 11) is 0. The third-order valence-electron chi connectivity index (χ3n) is 5.54. The van der Waals surface area contributed by atoms with E-state index < -0.39 is 5.69 Å². The lowest BCUT2D eigenvalue weighted by Crippen LogP contribution is -2.43. The van der Waals surface area contributed by atoms with Crippen LogP contribution in [0.25, 0.3) is 10.9 Å². The zero-order valence-electron chi connectivity index (χ0n) is 18.1. The summed E-state index contributed by atoms with van der Waals surface area (Å²) in [4.78, 5) is 39.3. The molecule has 0 saturated heterocycles. The lowest BCUT2D eigenvalue weighted by atomic mass is 10.1. The molecule has 1 atom stereocenters. The normalized spacial score (nSPS) is 11.9. The number of carbonyl (C=O) groups excluding carboxylic acids is 1. The van der Waals surface area contributed by atoms with Crippen LogP contribution in [0.4, 0.5) is 0 Å². The fourth-order valence-corrected chi connectivity index (χ4v) is 3.85. The molecule has 1 N–H and O–H groups in total. The molecule has 1 aromatic heterocycles. The molecule has 32 heavy (non-hydrogen) atoms. The van der Waals surface area contributed by atoms with Gasteiger partial charge in [-0.2, -0.15) is 0 Å². The van der Waals surface area contributed by atoms with Gasteiger partial charge in [-0.15, -0.1) is 0 Å². The van der Waals surface area contributed by atoms with Crippen molar-refractivity contribution in [2.24, 2.45) is 0 Å². The number of amides is 1. The van der Waals surface area contributed by atoms with Crippen molar-refractivity contribution in [1.29, 1.82) is 0 Å². The standard InChI is InChI=1S/C26H25N3O3/c1-18-13-14-23-22(15-18)25(31)29(16-20-9-5-3-6-10-20)26(32)28(23)17-24(30)27-19(2)21-11-7-4-8-12-21/h3-15,19H,16-17H2,1-2H3,(H,27,30)/t19-/m0/s1. The summed E-state index contributed by atoms with van der Waals surface area (Å²) in [6.07, 6.45) is 0. The molecule has 4 aromatic rings. The number of rotatable bonds is 6. The maximum Gasteiger partial charge on any atom is 0.332 e. The minimum absolute atomic E-state index is 0.143. The van der Waals surface area contributed by atoms with Crippen molar-refractivity contribution in [1.82, 2.24) is 14.5 Å². The molecule has 0 saturated carbocycles. The summed E-state index contributed by atoms with van der Waals surface area (Å²) >= 11 is 0. The Morgan fingerprint density at radius 3 is 2.25 bits per heavy atom. The van der Waals surface area contributed by atoms with Gasteiger partial charge in [0.05, 0.1) is 23.5 Å². The van der Waals surface area contributed by atoms with E-state index in [0.29, 0.717) is 10.9 Å². The Labute approximate surface area is 185 Å². The van der Waals surface area contributed by atoms with Crippen LogP contribution in [-0.2, 0) is 17.9 Å². The number of nitrogens with zero attached hydrogens (tertiary/aromatic N) is 2. The SMILES string of the molecule is Cc1ccc2c(c1)c(=O)n(Cc1ccccc1)c(=O)n2CC(=O)N[C@@H](C)c1ccccc1. The maximum absolute atomic E-state index is 13.3. The van der Waals surface area contributed by atoms with Crippen LogP contribution in [0.3, 0.4) is 0 Å². The summed E-state index contributed by atoms with van der Waals surface area (Å²) in [5.74, 6) is -0.296. The fourth-order valence-electron chi connectivity index (χ4n) is 3.85. The molecular formula is C26H25N3O3. The molecule has 4 rings (SSSR count). The Bertz CT molecular complexity index is 1370. The van der Waals surface area contributed by atoms with Crippen molar-refractivity contribution in [3.63, 3.8) is 0 Å². The highest BCUT2D eigenvalue weighted by molar-refractivity contribution is 5.82. The Kier molecular flexibility index (Phi) is 6.03. The van der Waals surface area contributed by atoms with Gasteiger partial charge in [-0.3, -0.25) is 18.7 Å². The van der Waals surface area contributed by atoms with Gasteiger partial charge >= 0.3 is 5.69 Å². The van der Waals surface area contributed by atoms with Crippen LogP contribution in [0.1, 0.15) is 29.7 Å². The van der Waals surface area contributed by atoms with Gasteiger partial charge in [0, 0.05) is 0 Å². The van der Waals surface area contributed by atoms with E-state index in [9.17, 15) is 14.4 Å². The predicted octanol–water partition coefficient (Wildman–Crippen LogP) is 3.40. The molecule has 6 heteroatoms. The molecule has 1 amide bonds. The maximum atomic E-state index is 13.3. The number of benzene rings is 3. The van der Waals surface area contributed by atoms with E-state index in [1.54, 1.807) is 12.1 Å². The monoisotopic (exact) mass is 427 g/mol. The van der Waals surface area contributed by atoms with Crippen molar-refractivity contribution >= 4 is 16.8 Å². The number of carbonyl (C=O) groups is 1. The lowest BCUT2D eigenvalue weighted by molar-refractivity contribution is -0.122. The Morgan fingerprint density at radius 1 is 0.906 bits per heavy atom. The van der Waals surface area contributed by atoms with E-state index in [0.717, 1.165) is 16.7 Å². The lowest BCUT2D eigenvalue weighted by Gasteiger charge is -2.17. The van der Waals surface area contributed by atoms with Crippen LogP contribution in [-0.4, -0.2) is 15.0 Å². The first-order valence-corrected chi connectivity index (χ1v) is 10.6. The van der Waals surface area contributed by atoms with Crippen LogP contribution < -0.4 is 16.6 Å². The summed E-state index contributed by atoms with van der Waals surface area (Å²) in [6.45, 7) is 3.76. The van der Waals surface area contributed by atoms with Crippen molar-refractivity contribution in [2.75, 3.05) is 0 Å². The van der Waals surface area contributed by atoms with E-state index in [-0.39, 0.29) is 30.6 Å². The molecule has 0 unspecified atom stereocenters. The third-order valence-corrected chi connectivity index (χ3v) is 5.54. The van der Waals surface area contributed by atoms with Crippen LogP contribution in [0.5, 0.6) is 0 Å². The van der Waals surface area contributed by atoms with Gasteiger partial charge in [0.15, 0.2) is 0 Å². The largest absolute Gasteiger partial charge is 0.348 e. The van der Waals surface area contributed by atoms with E-state index in [4.69, 9.17) is 0 Å². The van der Waals surface area contributed by atoms with Crippen molar-refractivity contribution in [3.8, 4) is 0 Å². The van der Waals surface area contributed by atoms with Crippen molar-refractivity contribution in [2.45, 2.75) is 33.0 Å². The topological polar surface area (TPSA) is 73.1 Å². The molecule has 0 bridgehead atoms. The minimum atomic E-state index is -0.502. The molecule has 0 spiro atoms. The van der Waals surface area contributed by atoms with E-state index in [1.165, 1.54) is 9.13 Å². The number of aryl methyl sites for hydroxylation is 1. The van der Waals surface area contributed by atoms with E-state index in [1.807, 2.05) is 80.6 Å².